The maximum atomic E-state index is 12.3. The molecule has 3 unspecified atom stereocenters. The second-order valence-corrected chi connectivity index (χ2v) is 9.20. The van der Waals surface area contributed by atoms with Gasteiger partial charge in [0.1, 0.15) is 6.07 Å². The summed E-state index contributed by atoms with van der Waals surface area (Å²) in [7, 11) is 0. The molecule has 1 aromatic rings. The van der Waals surface area contributed by atoms with Crippen molar-refractivity contribution >= 4 is 40.1 Å². The molecule has 2 saturated heterocycles. The van der Waals surface area contributed by atoms with Gasteiger partial charge in [0, 0.05) is 34.5 Å². The number of carbonyl (C=O) groups is 2. The molecule has 3 aliphatic rings. The van der Waals surface area contributed by atoms with Crippen LogP contribution in [-0.2, 0) is 9.59 Å². The van der Waals surface area contributed by atoms with E-state index in [1.165, 1.54) is 28.0 Å². The summed E-state index contributed by atoms with van der Waals surface area (Å²) in [5, 5.41) is 33.1. The van der Waals surface area contributed by atoms with Gasteiger partial charge in [0.2, 0.25) is 5.91 Å². The number of aliphatic carboxylic acids is 1. The van der Waals surface area contributed by atoms with E-state index in [0.717, 1.165) is 5.13 Å². The fourth-order valence-corrected chi connectivity index (χ4v) is 6.27. The first-order chi connectivity index (χ1) is 12.8. The summed E-state index contributed by atoms with van der Waals surface area (Å²) in [5.74, 6) is -2.41. The number of aliphatic hydroxyl groups is 1. The second-order valence-electron chi connectivity index (χ2n) is 7.03. The van der Waals surface area contributed by atoms with Gasteiger partial charge in [-0.1, -0.05) is 6.92 Å². The van der Waals surface area contributed by atoms with Gasteiger partial charge in [-0.25, -0.2) is 4.98 Å². The van der Waals surface area contributed by atoms with E-state index < -0.39 is 18.0 Å². The first-order valence-electron chi connectivity index (χ1n) is 8.57. The third kappa shape index (κ3) is 3.28. The van der Waals surface area contributed by atoms with Crippen molar-refractivity contribution in [3.63, 3.8) is 0 Å². The first-order valence-corrected chi connectivity index (χ1v) is 10.3. The third-order valence-electron chi connectivity index (χ3n) is 5.32. The Kier molecular flexibility index (Phi) is 6.15. The van der Waals surface area contributed by atoms with E-state index in [1.807, 2.05) is 17.9 Å². The predicted octanol–water partition coefficient (Wildman–Crippen LogP) is -3.24. The number of carboxylic acid groups (broad SMARTS) is 1. The Labute approximate surface area is 192 Å². The molecule has 0 radical (unpaired) electrons. The Morgan fingerprint density at radius 2 is 2.21 bits per heavy atom. The van der Waals surface area contributed by atoms with Crippen LogP contribution in [0.15, 0.2) is 16.0 Å². The van der Waals surface area contributed by atoms with E-state index in [4.69, 9.17) is 5.26 Å². The number of anilines is 1. The van der Waals surface area contributed by atoms with Crippen LogP contribution in [0.5, 0.6) is 0 Å². The van der Waals surface area contributed by atoms with Crippen molar-refractivity contribution in [3.8, 4) is 6.07 Å². The molecule has 11 heteroatoms. The Morgan fingerprint density at radius 3 is 2.75 bits per heavy atom. The summed E-state index contributed by atoms with van der Waals surface area (Å²) < 4.78 is 0. The molecule has 0 bridgehead atoms. The van der Waals surface area contributed by atoms with Gasteiger partial charge in [-0.2, -0.15) is 5.26 Å². The molecule has 0 aromatic carbocycles. The van der Waals surface area contributed by atoms with Gasteiger partial charge < -0.3 is 24.8 Å². The SMILES string of the molecule is CC(O)C1C(=O)N2C(C(=O)[O-])=C(SC3CN(c4nc(C#N)cs4)C3)[C@H](C)C12.[Na+]. The fraction of sp³-hybridized carbons (Fsp3) is 0.529. The molecule has 4 rings (SSSR count). The van der Waals surface area contributed by atoms with Crippen LogP contribution >= 0.6 is 23.1 Å². The number of thiazole rings is 1. The summed E-state index contributed by atoms with van der Waals surface area (Å²) >= 11 is 2.88. The number of amides is 1. The van der Waals surface area contributed by atoms with Crippen LogP contribution in [0.4, 0.5) is 5.13 Å². The average Bonchev–Trinajstić information content (AvgIpc) is 3.12. The number of aromatic nitrogens is 1. The molecule has 0 aliphatic carbocycles. The van der Waals surface area contributed by atoms with E-state index in [2.05, 4.69) is 4.98 Å². The van der Waals surface area contributed by atoms with Gasteiger partial charge in [-0.15, -0.1) is 23.1 Å². The summed E-state index contributed by atoms with van der Waals surface area (Å²) in [6, 6.07) is 1.69. The van der Waals surface area contributed by atoms with Gasteiger partial charge in [-0.3, -0.25) is 4.79 Å². The molecular weight excluding hydrogens is 411 g/mol. The van der Waals surface area contributed by atoms with E-state index in [9.17, 15) is 19.8 Å². The Hall–Kier alpha value is -1.09. The summed E-state index contributed by atoms with van der Waals surface area (Å²) in [6.07, 6.45) is -0.813. The van der Waals surface area contributed by atoms with Crippen LogP contribution < -0.4 is 39.6 Å². The van der Waals surface area contributed by atoms with Crippen molar-refractivity contribution in [2.75, 3.05) is 18.0 Å². The van der Waals surface area contributed by atoms with Crippen LogP contribution in [0.2, 0.25) is 0 Å². The topological polar surface area (TPSA) is 121 Å². The molecule has 1 N–H and O–H groups in total. The minimum atomic E-state index is -1.35. The predicted molar refractivity (Wildman–Crippen MR) is 97.4 cm³/mol. The molecule has 3 aliphatic heterocycles. The van der Waals surface area contributed by atoms with Crippen LogP contribution in [0.25, 0.3) is 0 Å². The largest absolute Gasteiger partial charge is 1.00 e. The van der Waals surface area contributed by atoms with Crippen LogP contribution in [0, 0.1) is 23.2 Å². The molecule has 4 atom stereocenters. The van der Waals surface area contributed by atoms with Gasteiger partial charge in [0.15, 0.2) is 10.8 Å². The van der Waals surface area contributed by atoms with Crippen molar-refractivity contribution in [2.24, 2.45) is 11.8 Å². The van der Waals surface area contributed by atoms with Gasteiger partial charge in [0.05, 0.1) is 29.7 Å². The van der Waals surface area contributed by atoms with E-state index >= 15 is 0 Å². The number of carbonyl (C=O) groups excluding carboxylic acids is 2. The quantitative estimate of drug-likeness (QED) is 0.384. The third-order valence-corrected chi connectivity index (χ3v) is 7.67. The number of carboxylic acids is 1. The number of aliphatic hydroxyl groups excluding tert-OH is 1. The maximum absolute atomic E-state index is 12.3. The van der Waals surface area contributed by atoms with Crippen molar-refractivity contribution in [1.29, 1.82) is 5.26 Å². The summed E-state index contributed by atoms with van der Waals surface area (Å²) in [4.78, 5) is 32.2. The molecule has 0 spiro atoms. The Morgan fingerprint density at radius 1 is 1.54 bits per heavy atom. The zero-order chi connectivity index (χ0) is 19.5. The monoisotopic (exact) mass is 428 g/mol. The molecule has 2 fully saturated rings. The van der Waals surface area contributed by atoms with Gasteiger partial charge in [-0.05, 0) is 6.92 Å². The van der Waals surface area contributed by atoms with Crippen LogP contribution in [-0.4, -0.2) is 57.4 Å². The second kappa shape index (κ2) is 7.97. The molecule has 1 amide bonds. The summed E-state index contributed by atoms with van der Waals surface area (Å²) in [5.41, 5.74) is 0.350. The number of thioether (sulfide) groups is 1. The van der Waals surface area contributed by atoms with Crippen LogP contribution in [0.1, 0.15) is 19.5 Å². The first kappa shape index (κ1) is 21.6. The van der Waals surface area contributed by atoms with Crippen LogP contribution in [0.3, 0.4) is 0 Å². The maximum Gasteiger partial charge on any atom is 1.00 e. The number of fused-ring (bicyclic) bond motifs is 1. The molecule has 0 saturated carbocycles. The number of rotatable bonds is 5. The van der Waals surface area contributed by atoms with E-state index in [0.29, 0.717) is 23.7 Å². The molecular formula is C17H17N4NaO4S2. The zero-order valence-corrected chi connectivity index (χ0v) is 19.3. The van der Waals surface area contributed by atoms with Crippen molar-refractivity contribution < 1.29 is 49.4 Å². The molecule has 8 nitrogen and oxygen atoms in total. The zero-order valence-electron chi connectivity index (χ0n) is 15.7. The Bertz CT molecular complexity index is 890. The smallest absolute Gasteiger partial charge is 0.543 e. The number of hydrogen-bond donors (Lipinski definition) is 1. The van der Waals surface area contributed by atoms with Gasteiger partial charge >= 0.3 is 29.6 Å². The number of β-lactam (4-membered cyclic amide) rings is 1. The number of nitriles is 1. The molecule has 142 valence electrons. The molecule has 4 heterocycles. The van der Waals surface area contributed by atoms with E-state index in [1.54, 1.807) is 12.3 Å². The molecule has 28 heavy (non-hydrogen) atoms. The molecule has 1 aromatic heterocycles. The van der Waals surface area contributed by atoms with Gasteiger partial charge in [0.25, 0.3) is 0 Å². The fourth-order valence-electron chi connectivity index (χ4n) is 3.98. The minimum Gasteiger partial charge on any atom is -0.543 e. The standard InChI is InChI=1S/C17H18N4O4S2.Na/c1-7-12-11(8(2)22)15(23)21(12)13(16(24)25)14(7)27-10-4-20(5-10)17-19-9(3-18)6-26-17;/h6-8,10-12,22H,4-5H2,1-2H3,(H,24,25);/q;+1/p-1/t7-,8?,11?,12?;/m1./s1. The van der Waals surface area contributed by atoms with E-state index in [-0.39, 0.29) is 58.4 Å². The number of nitrogens with zero attached hydrogens (tertiary/aromatic N) is 4. The number of hydrogen-bond acceptors (Lipinski definition) is 9. The average molecular weight is 428 g/mol. The Balaban J connectivity index is 0.00000225. The van der Waals surface area contributed by atoms with Crippen molar-refractivity contribution in [2.45, 2.75) is 31.2 Å². The summed E-state index contributed by atoms with van der Waals surface area (Å²) in [6.45, 7) is 4.84. The van der Waals surface area contributed by atoms with Crippen molar-refractivity contribution in [3.05, 3.63) is 21.7 Å². The minimum absolute atomic E-state index is 0. The van der Waals surface area contributed by atoms with Crippen molar-refractivity contribution in [1.82, 2.24) is 9.88 Å². The normalized spacial score (nSPS) is 27.5.